The molecule has 2 amide bonds. The molecule has 3 aromatic rings. The maximum absolute atomic E-state index is 12.6. The molecular formula is C24H24ClN7O4. The predicted molar refractivity (Wildman–Crippen MR) is 131 cm³/mol. The number of anilines is 2. The van der Waals surface area contributed by atoms with E-state index in [0.717, 1.165) is 25.2 Å². The van der Waals surface area contributed by atoms with Crippen molar-refractivity contribution in [2.45, 2.75) is 19.4 Å². The Morgan fingerprint density at radius 1 is 1.22 bits per heavy atom. The number of halogens is 1. The lowest BCUT2D eigenvalue weighted by Crippen LogP contribution is -2.38. The van der Waals surface area contributed by atoms with Gasteiger partial charge in [-0.1, -0.05) is 29.0 Å². The lowest BCUT2D eigenvalue weighted by molar-refractivity contribution is -0.114. The molecule has 1 aliphatic heterocycles. The van der Waals surface area contributed by atoms with Gasteiger partial charge in [0.2, 0.25) is 0 Å². The molecule has 1 saturated heterocycles. The van der Waals surface area contributed by atoms with Crippen LogP contribution in [0.3, 0.4) is 0 Å². The molecule has 1 aliphatic carbocycles. The number of hydrogen-bond donors (Lipinski definition) is 2. The Labute approximate surface area is 211 Å². The molecule has 36 heavy (non-hydrogen) atoms. The van der Waals surface area contributed by atoms with Gasteiger partial charge in [0.15, 0.2) is 11.5 Å². The molecule has 5 rings (SSSR count). The fourth-order valence-electron chi connectivity index (χ4n) is 3.99. The van der Waals surface area contributed by atoms with Gasteiger partial charge >= 0.3 is 6.09 Å². The van der Waals surface area contributed by atoms with Crippen molar-refractivity contribution < 1.29 is 19.1 Å². The Morgan fingerprint density at radius 2 is 2.03 bits per heavy atom. The highest BCUT2D eigenvalue weighted by molar-refractivity contribution is 6.30. The average molecular weight is 510 g/mol. The Kier molecular flexibility index (Phi) is 6.66. The molecule has 186 valence electrons. The highest BCUT2D eigenvalue weighted by Crippen LogP contribution is 2.36. The summed E-state index contributed by atoms with van der Waals surface area (Å²) >= 11 is 6.09. The molecule has 0 spiro atoms. The summed E-state index contributed by atoms with van der Waals surface area (Å²) in [5, 5.41) is 13.9. The van der Waals surface area contributed by atoms with E-state index in [0.29, 0.717) is 40.3 Å². The number of pyridine rings is 2. The first-order valence-electron chi connectivity index (χ1n) is 11.4. The monoisotopic (exact) mass is 509 g/mol. The molecule has 2 N–H and O–H groups in total. The number of hydrogen-bond acceptors (Lipinski definition) is 8. The molecular weight excluding hydrogens is 486 g/mol. The number of nitrogens with one attached hydrogen (secondary N) is 2. The molecule has 2 atom stereocenters. The van der Waals surface area contributed by atoms with Crippen molar-refractivity contribution in [3.8, 4) is 11.4 Å². The van der Waals surface area contributed by atoms with Crippen molar-refractivity contribution in [2.75, 3.05) is 23.8 Å². The molecule has 1 unspecified atom stereocenters. The molecule has 0 radical (unpaired) electrons. The largest absolute Gasteiger partial charge is 0.441 e. The van der Waals surface area contributed by atoms with Crippen molar-refractivity contribution >= 4 is 35.1 Å². The Hall–Kier alpha value is -3.83. The fourth-order valence-corrected chi connectivity index (χ4v) is 4.27. The van der Waals surface area contributed by atoms with Crippen molar-refractivity contribution in [1.29, 1.82) is 0 Å². The zero-order chi connectivity index (χ0) is 25.2. The standard InChI is InChI=1S/C24H24ClN7O4/c1-13(18-4-3-7-26-21(18)25)36-24(34)29-22-20(30-31-32(22)2)19-6-5-17(10-27-19)28-23(33)15-8-14(9-15)16-11-35-12-16/h3-8,10,13-14,16H,9,11-12H2,1-2H3,(H,28,33)(H,29,34)/t13-,14?/m1/s1. The third-order valence-electron chi connectivity index (χ3n) is 6.25. The van der Waals surface area contributed by atoms with Crippen LogP contribution in [0.5, 0.6) is 0 Å². The molecule has 11 nitrogen and oxygen atoms in total. The lowest BCUT2D eigenvalue weighted by Gasteiger charge is -2.37. The van der Waals surface area contributed by atoms with Gasteiger partial charge in [0.1, 0.15) is 11.3 Å². The second-order valence-electron chi connectivity index (χ2n) is 8.71. The van der Waals surface area contributed by atoms with Crippen LogP contribution in [-0.4, -0.2) is 50.2 Å². The van der Waals surface area contributed by atoms with E-state index in [9.17, 15) is 9.59 Å². The van der Waals surface area contributed by atoms with Gasteiger partial charge in [-0.25, -0.2) is 14.5 Å². The van der Waals surface area contributed by atoms with E-state index >= 15 is 0 Å². The molecule has 1 fully saturated rings. The van der Waals surface area contributed by atoms with E-state index in [2.05, 4.69) is 30.9 Å². The average Bonchev–Trinajstić information content (AvgIpc) is 3.15. The molecule has 0 aromatic carbocycles. The number of amides is 2. The first kappa shape index (κ1) is 23.9. The van der Waals surface area contributed by atoms with Crippen LogP contribution in [0.2, 0.25) is 5.15 Å². The lowest BCUT2D eigenvalue weighted by atomic mass is 9.76. The van der Waals surface area contributed by atoms with Gasteiger partial charge in [0.05, 0.1) is 30.8 Å². The van der Waals surface area contributed by atoms with Gasteiger partial charge in [-0.15, -0.1) is 5.10 Å². The van der Waals surface area contributed by atoms with Crippen LogP contribution in [0.4, 0.5) is 16.3 Å². The summed E-state index contributed by atoms with van der Waals surface area (Å²) in [5.74, 6) is 1.14. The summed E-state index contributed by atoms with van der Waals surface area (Å²) < 4.78 is 12.1. The van der Waals surface area contributed by atoms with Gasteiger partial charge in [-0.05, 0) is 37.5 Å². The molecule has 2 aliphatic rings. The summed E-state index contributed by atoms with van der Waals surface area (Å²) in [7, 11) is 1.64. The number of rotatable bonds is 7. The highest BCUT2D eigenvalue weighted by Gasteiger charge is 2.34. The van der Waals surface area contributed by atoms with Crippen molar-refractivity contribution in [2.24, 2.45) is 18.9 Å². The minimum Gasteiger partial charge on any atom is -0.441 e. The van der Waals surface area contributed by atoms with Crippen LogP contribution in [-0.2, 0) is 21.3 Å². The normalized spacial score (nSPS) is 17.9. The number of carbonyl (C=O) groups is 2. The van der Waals surface area contributed by atoms with Crippen LogP contribution in [0, 0.1) is 11.8 Å². The fraction of sp³-hybridized carbons (Fsp3) is 0.333. The van der Waals surface area contributed by atoms with Crippen molar-refractivity contribution in [3.63, 3.8) is 0 Å². The Balaban J connectivity index is 1.22. The number of ether oxygens (including phenoxy) is 2. The minimum atomic E-state index is -0.710. The van der Waals surface area contributed by atoms with E-state index in [1.165, 1.54) is 10.9 Å². The number of aryl methyl sites for hydroxylation is 1. The number of aromatic nitrogens is 5. The summed E-state index contributed by atoms with van der Waals surface area (Å²) in [5.41, 5.74) is 2.73. The predicted octanol–water partition coefficient (Wildman–Crippen LogP) is 3.77. The zero-order valence-electron chi connectivity index (χ0n) is 19.6. The van der Waals surface area contributed by atoms with Crippen LogP contribution in [0.1, 0.15) is 25.0 Å². The SMILES string of the molecule is C[C@@H](OC(=O)Nc1c(-c2ccc(NC(=O)C3=CC(C4COC4)C3)cn2)nnn1C)c1cccnc1Cl. The number of carbonyl (C=O) groups excluding carboxylic acids is 2. The second kappa shape index (κ2) is 10.0. The second-order valence-corrected chi connectivity index (χ2v) is 9.07. The van der Waals surface area contributed by atoms with Crippen LogP contribution >= 0.6 is 11.6 Å². The Morgan fingerprint density at radius 3 is 2.69 bits per heavy atom. The van der Waals surface area contributed by atoms with Gasteiger partial charge in [-0.2, -0.15) is 0 Å². The quantitative estimate of drug-likeness (QED) is 0.460. The van der Waals surface area contributed by atoms with Crippen LogP contribution in [0.25, 0.3) is 11.4 Å². The molecule has 4 heterocycles. The molecule has 12 heteroatoms. The Bertz CT molecular complexity index is 1320. The topological polar surface area (TPSA) is 133 Å². The maximum atomic E-state index is 12.6. The summed E-state index contributed by atoms with van der Waals surface area (Å²) in [6.45, 7) is 3.24. The first-order valence-corrected chi connectivity index (χ1v) is 11.8. The van der Waals surface area contributed by atoms with Crippen LogP contribution in [0.15, 0.2) is 48.3 Å². The third kappa shape index (κ3) is 4.93. The van der Waals surface area contributed by atoms with E-state index in [1.54, 1.807) is 44.4 Å². The van der Waals surface area contributed by atoms with Gasteiger partial charge in [-0.3, -0.25) is 15.1 Å². The van der Waals surface area contributed by atoms with E-state index < -0.39 is 12.2 Å². The number of nitrogens with zero attached hydrogens (tertiary/aromatic N) is 5. The van der Waals surface area contributed by atoms with Gasteiger partial charge in [0, 0.05) is 30.3 Å². The smallest absolute Gasteiger partial charge is 0.413 e. The summed E-state index contributed by atoms with van der Waals surface area (Å²) in [6.07, 6.45) is 4.54. The maximum Gasteiger partial charge on any atom is 0.413 e. The van der Waals surface area contributed by atoms with Crippen molar-refractivity contribution in [1.82, 2.24) is 25.0 Å². The molecule has 0 saturated carbocycles. The first-order chi connectivity index (χ1) is 17.4. The molecule has 0 bridgehead atoms. The van der Waals surface area contributed by atoms with Gasteiger partial charge in [0.25, 0.3) is 5.91 Å². The zero-order valence-corrected chi connectivity index (χ0v) is 20.4. The van der Waals surface area contributed by atoms with Gasteiger partial charge < -0.3 is 14.8 Å². The van der Waals surface area contributed by atoms with E-state index in [-0.39, 0.29) is 11.1 Å². The summed E-state index contributed by atoms with van der Waals surface area (Å²) in [4.78, 5) is 33.4. The van der Waals surface area contributed by atoms with E-state index in [1.807, 2.05) is 6.08 Å². The minimum absolute atomic E-state index is 0.131. The highest BCUT2D eigenvalue weighted by atomic mass is 35.5. The van der Waals surface area contributed by atoms with Crippen molar-refractivity contribution in [3.05, 3.63) is 59.0 Å². The number of allylic oxidation sites excluding steroid dienone is 1. The summed E-state index contributed by atoms with van der Waals surface area (Å²) in [6, 6.07) is 6.86. The molecule has 3 aromatic heterocycles. The van der Waals surface area contributed by atoms with E-state index in [4.69, 9.17) is 21.1 Å². The van der Waals surface area contributed by atoms with Crippen LogP contribution < -0.4 is 10.6 Å². The third-order valence-corrected chi connectivity index (χ3v) is 6.57.